The number of amides is 1. The van der Waals surface area contributed by atoms with Crippen molar-refractivity contribution in [3.05, 3.63) is 18.0 Å². The summed E-state index contributed by atoms with van der Waals surface area (Å²) in [5, 5.41) is 7.60. The molecule has 6 heteroatoms. The molecule has 6 nitrogen and oxygen atoms in total. The number of ether oxygens (including phenoxy) is 1. The number of carbonyl (C=O) groups is 1. The van der Waals surface area contributed by atoms with Crippen molar-refractivity contribution in [3.63, 3.8) is 0 Å². The highest BCUT2D eigenvalue weighted by atomic mass is 16.5. The molecule has 0 unspecified atom stereocenters. The lowest BCUT2D eigenvalue weighted by atomic mass is 10.2. The van der Waals surface area contributed by atoms with Crippen LogP contribution < -0.4 is 5.32 Å². The van der Waals surface area contributed by atoms with Crippen LogP contribution in [0.1, 0.15) is 19.4 Å². The van der Waals surface area contributed by atoms with Crippen LogP contribution in [0, 0.1) is 6.92 Å². The molecule has 0 radical (unpaired) electrons. The zero-order valence-corrected chi connectivity index (χ0v) is 12.5. The summed E-state index contributed by atoms with van der Waals surface area (Å²) in [6.07, 6.45) is 3.85. The third-order valence-corrected chi connectivity index (χ3v) is 3.45. The van der Waals surface area contributed by atoms with Gasteiger partial charge in [-0.05, 0) is 26.3 Å². The molecule has 20 heavy (non-hydrogen) atoms. The Bertz CT molecular complexity index is 440. The second kappa shape index (κ2) is 6.85. The lowest BCUT2D eigenvalue weighted by Gasteiger charge is -2.30. The normalized spacial score (nSPS) is 18.9. The van der Waals surface area contributed by atoms with Crippen molar-refractivity contribution in [3.8, 4) is 0 Å². The Labute approximate surface area is 120 Å². The summed E-state index contributed by atoms with van der Waals surface area (Å²) in [5.74, 6) is 0.150. The minimum atomic E-state index is -0.181. The predicted molar refractivity (Wildman–Crippen MR) is 76.4 cm³/mol. The van der Waals surface area contributed by atoms with Gasteiger partial charge in [0, 0.05) is 25.3 Å². The van der Waals surface area contributed by atoms with Gasteiger partial charge in [0.15, 0.2) is 0 Å². The molecule has 0 bridgehead atoms. The van der Waals surface area contributed by atoms with Crippen LogP contribution in [0.3, 0.4) is 0 Å². The zero-order valence-electron chi connectivity index (χ0n) is 12.5. The Hall–Kier alpha value is -1.40. The second-order valence-electron chi connectivity index (χ2n) is 5.47. The Morgan fingerprint density at radius 3 is 2.75 bits per heavy atom. The molecular weight excluding hydrogens is 256 g/mol. The third-order valence-electron chi connectivity index (χ3n) is 3.45. The molecular formula is C14H24N4O2. The molecule has 1 amide bonds. The summed E-state index contributed by atoms with van der Waals surface area (Å²) in [6.45, 7) is 9.43. The van der Waals surface area contributed by atoms with E-state index in [0.717, 1.165) is 12.1 Å². The Morgan fingerprint density at radius 1 is 1.45 bits per heavy atom. The van der Waals surface area contributed by atoms with E-state index in [9.17, 15) is 4.79 Å². The maximum absolute atomic E-state index is 12.3. The van der Waals surface area contributed by atoms with E-state index in [1.54, 1.807) is 0 Å². The Balaban J connectivity index is 1.80. The number of nitrogens with one attached hydrogen (secondary N) is 1. The summed E-state index contributed by atoms with van der Waals surface area (Å²) >= 11 is 0. The van der Waals surface area contributed by atoms with Crippen LogP contribution in [-0.2, 0) is 16.1 Å². The van der Waals surface area contributed by atoms with Gasteiger partial charge in [-0.25, -0.2) is 0 Å². The Kier molecular flexibility index (Phi) is 5.14. The van der Waals surface area contributed by atoms with Gasteiger partial charge in [-0.2, -0.15) is 5.10 Å². The lowest BCUT2D eigenvalue weighted by molar-refractivity contribution is -0.137. The van der Waals surface area contributed by atoms with Gasteiger partial charge in [-0.3, -0.25) is 9.48 Å². The molecule has 1 N–H and O–H groups in total. The van der Waals surface area contributed by atoms with E-state index in [-0.39, 0.29) is 18.0 Å². The second-order valence-corrected chi connectivity index (χ2v) is 5.47. The summed E-state index contributed by atoms with van der Waals surface area (Å²) in [5.41, 5.74) is 1.15. The van der Waals surface area contributed by atoms with E-state index in [2.05, 4.69) is 17.3 Å². The summed E-state index contributed by atoms with van der Waals surface area (Å²) in [6, 6.07) is 0.00838. The predicted octanol–water partition coefficient (Wildman–Crippen LogP) is 0.417. The van der Waals surface area contributed by atoms with E-state index in [1.165, 1.54) is 0 Å². The minimum Gasteiger partial charge on any atom is -0.378 e. The zero-order chi connectivity index (χ0) is 14.5. The van der Waals surface area contributed by atoms with Gasteiger partial charge in [0.2, 0.25) is 5.91 Å². The van der Waals surface area contributed by atoms with Gasteiger partial charge in [0.25, 0.3) is 0 Å². The lowest BCUT2D eigenvalue weighted by Crippen LogP contribution is -2.51. The smallest absolute Gasteiger partial charge is 0.239 e. The first-order chi connectivity index (χ1) is 9.56. The maximum Gasteiger partial charge on any atom is 0.239 e. The molecule has 1 aliphatic heterocycles. The van der Waals surface area contributed by atoms with E-state index < -0.39 is 0 Å². The fourth-order valence-electron chi connectivity index (χ4n) is 2.46. The summed E-state index contributed by atoms with van der Waals surface area (Å²) in [4.78, 5) is 14.1. The molecule has 0 saturated carbocycles. The van der Waals surface area contributed by atoms with E-state index in [0.29, 0.717) is 26.3 Å². The molecule has 1 saturated heterocycles. The number of carbonyl (C=O) groups excluding carboxylic acids is 1. The first kappa shape index (κ1) is 15.0. The number of morpholine rings is 1. The van der Waals surface area contributed by atoms with Crippen LogP contribution in [-0.4, -0.2) is 59.0 Å². The van der Waals surface area contributed by atoms with Crippen LogP contribution in [0.4, 0.5) is 0 Å². The van der Waals surface area contributed by atoms with Crippen LogP contribution in [0.2, 0.25) is 0 Å². The van der Waals surface area contributed by atoms with Crippen molar-refractivity contribution in [2.45, 2.75) is 39.4 Å². The van der Waals surface area contributed by atoms with Crippen molar-refractivity contribution in [1.29, 1.82) is 0 Å². The molecule has 1 fully saturated rings. The standard InChI is InChI=1S/C14H24N4O2/c1-11-8-15-18(9-11)10-12(2)16-13(3)14(19)17-4-6-20-7-5-17/h8-9,12-13,16H,4-7,10H2,1-3H3/t12-,13-/m1/s1. The number of hydrogen-bond acceptors (Lipinski definition) is 4. The average Bonchev–Trinajstić information content (AvgIpc) is 2.84. The molecule has 1 aromatic heterocycles. The quantitative estimate of drug-likeness (QED) is 0.849. The average molecular weight is 280 g/mol. The molecule has 2 heterocycles. The highest BCUT2D eigenvalue weighted by Crippen LogP contribution is 2.02. The van der Waals surface area contributed by atoms with Gasteiger partial charge in [-0.1, -0.05) is 0 Å². The molecule has 0 aliphatic carbocycles. The first-order valence-electron chi connectivity index (χ1n) is 7.18. The SMILES string of the molecule is Cc1cnn(C[C@@H](C)N[C@H](C)C(=O)N2CCOCC2)c1. The van der Waals surface area contributed by atoms with Crippen molar-refractivity contribution in [2.24, 2.45) is 0 Å². The van der Waals surface area contributed by atoms with Crippen LogP contribution in [0.15, 0.2) is 12.4 Å². The van der Waals surface area contributed by atoms with Crippen molar-refractivity contribution in [2.75, 3.05) is 26.3 Å². The van der Waals surface area contributed by atoms with E-state index >= 15 is 0 Å². The number of aromatic nitrogens is 2. The highest BCUT2D eigenvalue weighted by Gasteiger charge is 2.23. The molecule has 0 spiro atoms. The molecule has 0 aromatic carbocycles. The molecule has 1 aliphatic rings. The molecule has 2 rings (SSSR count). The number of aryl methyl sites for hydroxylation is 1. The van der Waals surface area contributed by atoms with Crippen molar-refractivity contribution < 1.29 is 9.53 Å². The Morgan fingerprint density at radius 2 is 2.15 bits per heavy atom. The molecule has 112 valence electrons. The fourth-order valence-corrected chi connectivity index (χ4v) is 2.46. The van der Waals surface area contributed by atoms with Crippen molar-refractivity contribution >= 4 is 5.91 Å². The summed E-state index contributed by atoms with van der Waals surface area (Å²) in [7, 11) is 0. The number of rotatable bonds is 5. The van der Waals surface area contributed by atoms with Gasteiger partial charge in [0.1, 0.15) is 0 Å². The fraction of sp³-hybridized carbons (Fsp3) is 0.714. The topological polar surface area (TPSA) is 59.4 Å². The van der Waals surface area contributed by atoms with Crippen LogP contribution in [0.5, 0.6) is 0 Å². The van der Waals surface area contributed by atoms with Crippen molar-refractivity contribution in [1.82, 2.24) is 20.0 Å². The monoisotopic (exact) mass is 280 g/mol. The number of hydrogen-bond donors (Lipinski definition) is 1. The first-order valence-corrected chi connectivity index (χ1v) is 7.18. The van der Waals surface area contributed by atoms with Gasteiger partial charge in [0.05, 0.1) is 32.0 Å². The van der Waals surface area contributed by atoms with Gasteiger partial charge >= 0.3 is 0 Å². The highest BCUT2D eigenvalue weighted by molar-refractivity contribution is 5.81. The number of nitrogens with zero attached hydrogens (tertiary/aromatic N) is 3. The molecule has 2 atom stereocenters. The van der Waals surface area contributed by atoms with E-state index in [1.807, 2.05) is 35.8 Å². The van der Waals surface area contributed by atoms with Gasteiger partial charge in [-0.15, -0.1) is 0 Å². The minimum absolute atomic E-state index is 0.150. The largest absolute Gasteiger partial charge is 0.378 e. The third kappa shape index (κ3) is 4.05. The molecule has 1 aromatic rings. The van der Waals surface area contributed by atoms with Gasteiger partial charge < -0.3 is 15.0 Å². The van der Waals surface area contributed by atoms with E-state index in [4.69, 9.17) is 4.74 Å². The maximum atomic E-state index is 12.3. The van der Waals surface area contributed by atoms with Crippen LogP contribution in [0.25, 0.3) is 0 Å². The van der Waals surface area contributed by atoms with Crippen LogP contribution >= 0.6 is 0 Å². The summed E-state index contributed by atoms with van der Waals surface area (Å²) < 4.78 is 7.17.